The van der Waals surface area contributed by atoms with Gasteiger partial charge in [0.25, 0.3) is 0 Å². The highest BCUT2D eigenvalue weighted by molar-refractivity contribution is 14.0. The Morgan fingerprint density at radius 3 is 2.47 bits per heavy atom. The zero-order valence-electron chi connectivity index (χ0n) is 11.6. The number of nitrogens with zero attached hydrogens (tertiary/aromatic N) is 1. The van der Waals surface area contributed by atoms with Crippen LogP contribution in [0.4, 0.5) is 0 Å². The van der Waals surface area contributed by atoms with E-state index in [0.717, 1.165) is 18.9 Å². The molecule has 0 saturated carbocycles. The summed E-state index contributed by atoms with van der Waals surface area (Å²) in [5, 5.41) is 6.25. The van der Waals surface area contributed by atoms with Gasteiger partial charge in [0.15, 0.2) is 5.96 Å². The topological polar surface area (TPSA) is 36.4 Å². The summed E-state index contributed by atoms with van der Waals surface area (Å²) in [6.45, 7) is 6.18. The van der Waals surface area contributed by atoms with Crippen molar-refractivity contribution in [3.63, 3.8) is 0 Å². The predicted octanol–water partition coefficient (Wildman–Crippen LogP) is 2.56. The van der Waals surface area contributed by atoms with Gasteiger partial charge in [0.05, 0.1) is 13.1 Å². The lowest BCUT2D eigenvalue weighted by molar-refractivity contribution is 0.861. The molecule has 0 bridgehead atoms. The van der Waals surface area contributed by atoms with Gasteiger partial charge in [-0.25, -0.2) is 4.99 Å². The van der Waals surface area contributed by atoms with Gasteiger partial charge in [-0.1, -0.05) is 37.1 Å². The average molecular weight is 371 g/mol. The van der Waals surface area contributed by atoms with Crippen LogP contribution in [0.15, 0.2) is 29.3 Å². The van der Waals surface area contributed by atoms with Crippen molar-refractivity contribution >= 4 is 29.9 Å². The van der Waals surface area contributed by atoms with Gasteiger partial charge in [0, 0.05) is 6.54 Å². The number of rotatable bonds is 5. The Hall–Kier alpha value is -1.22. The van der Waals surface area contributed by atoms with E-state index in [1.165, 1.54) is 11.1 Å². The van der Waals surface area contributed by atoms with E-state index >= 15 is 0 Å². The molecule has 0 saturated heterocycles. The van der Waals surface area contributed by atoms with E-state index in [4.69, 9.17) is 6.42 Å². The van der Waals surface area contributed by atoms with E-state index in [9.17, 15) is 0 Å². The van der Waals surface area contributed by atoms with Gasteiger partial charge >= 0.3 is 0 Å². The summed E-state index contributed by atoms with van der Waals surface area (Å²) in [6.07, 6.45) is 6.26. The lowest BCUT2D eigenvalue weighted by atomic mass is 10.1. The van der Waals surface area contributed by atoms with Crippen LogP contribution in [-0.4, -0.2) is 19.0 Å². The van der Waals surface area contributed by atoms with E-state index < -0.39 is 0 Å². The minimum absolute atomic E-state index is 0. The van der Waals surface area contributed by atoms with E-state index in [-0.39, 0.29) is 24.0 Å². The van der Waals surface area contributed by atoms with Crippen molar-refractivity contribution in [2.75, 3.05) is 13.1 Å². The van der Waals surface area contributed by atoms with Gasteiger partial charge in [-0.05, 0) is 24.5 Å². The van der Waals surface area contributed by atoms with Gasteiger partial charge < -0.3 is 10.6 Å². The van der Waals surface area contributed by atoms with Crippen LogP contribution in [0.25, 0.3) is 0 Å². The van der Waals surface area contributed by atoms with Gasteiger partial charge in [0.2, 0.25) is 0 Å². The molecule has 0 spiro atoms. The molecule has 0 unspecified atom stereocenters. The molecule has 2 N–H and O–H groups in total. The lowest BCUT2D eigenvalue weighted by Gasteiger charge is -2.10. The van der Waals surface area contributed by atoms with Crippen molar-refractivity contribution in [1.29, 1.82) is 0 Å². The van der Waals surface area contributed by atoms with Gasteiger partial charge in [-0.2, -0.15) is 0 Å². The molecule has 1 aromatic carbocycles. The normalized spacial score (nSPS) is 10.3. The van der Waals surface area contributed by atoms with E-state index in [2.05, 4.69) is 46.7 Å². The fraction of sp³-hybridized carbons (Fsp3) is 0.400. The second kappa shape index (κ2) is 10.7. The lowest BCUT2D eigenvalue weighted by Crippen LogP contribution is -2.37. The molecule has 0 heterocycles. The number of aliphatic imine (C=N–C) groups is 1. The molecule has 4 heteroatoms. The molecule has 0 atom stereocenters. The first-order valence-corrected chi connectivity index (χ1v) is 6.34. The molecule has 0 aliphatic heterocycles. The van der Waals surface area contributed by atoms with Crippen LogP contribution >= 0.6 is 24.0 Å². The highest BCUT2D eigenvalue weighted by atomic mass is 127. The van der Waals surface area contributed by atoms with Gasteiger partial charge in [-0.3, -0.25) is 0 Å². The minimum atomic E-state index is 0. The smallest absolute Gasteiger partial charge is 0.192 e. The number of hydrogen-bond acceptors (Lipinski definition) is 1. The number of terminal acetylenes is 1. The molecule has 3 nitrogen and oxygen atoms in total. The predicted molar refractivity (Wildman–Crippen MR) is 92.9 cm³/mol. The molecule has 0 aliphatic carbocycles. The van der Waals surface area contributed by atoms with Crippen LogP contribution in [0, 0.1) is 12.3 Å². The molecular formula is C15H22IN3. The molecule has 1 rings (SSSR count). The molecule has 19 heavy (non-hydrogen) atoms. The molecule has 104 valence electrons. The Morgan fingerprint density at radius 1 is 1.21 bits per heavy atom. The first-order valence-electron chi connectivity index (χ1n) is 6.34. The molecular weight excluding hydrogens is 349 g/mol. The molecule has 0 fully saturated rings. The third-order valence-electron chi connectivity index (χ3n) is 2.61. The second-order valence-electron chi connectivity index (χ2n) is 3.88. The largest absolute Gasteiger partial charge is 0.357 e. The first kappa shape index (κ1) is 17.8. The molecule has 0 aliphatic rings. The first-order chi connectivity index (χ1) is 8.81. The number of hydrogen-bond donors (Lipinski definition) is 2. The molecule has 1 aromatic rings. The van der Waals surface area contributed by atoms with Crippen molar-refractivity contribution in [3.05, 3.63) is 35.4 Å². The third kappa shape index (κ3) is 6.48. The minimum Gasteiger partial charge on any atom is -0.357 e. The monoisotopic (exact) mass is 371 g/mol. The van der Waals surface area contributed by atoms with Crippen LogP contribution < -0.4 is 10.6 Å². The summed E-state index contributed by atoms with van der Waals surface area (Å²) >= 11 is 0. The van der Waals surface area contributed by atoms with E-state index in [0.29, 0.717) is 13.1 Å². The van der Waals surface area contributed by atoms with Crippen molar-refractivity contribution in [3.8, 4) is 12.3 Å². The van der Waals surface area contributed by atoms with Gasteiger partial charge in [-0.15, -0.1) is 30.4 Å². The molecule has 0 radical (unpaired) electrons. The Bertz CT molecular complexity index is 435. The zero-order valence-corrected chi connectivity index (χ0v) is 13.9. The number of aryl methyl sites for hydroxylation is 1. The van der Waals surface area contributed by atoms with Gasteiger partial charge in [0.1, 0.15) is 0 Å². The molecule has 0 aromatic heterocycles. The van der Waals surface area contributed by atoms with Crippen molar-refractivity contribution < 1.29 is 0 Å². The van der Waals surface area contributed by atoms with Crippen LogP contribution in [0.2, 0.25) is 0 Å². The quantitative estimate of drug-likeness (QED) is 0.361. The van der Waals surface area contributed by atoms with Crippen molar-refractivity contribution in [2.45, 2.75) is 26.8 Å². The Balaban J connectivity index is 0.00000324. The number of benzene rings is 1. The maximum Gasteiger partial charge on any atom is 0.192 e. The van der Waals surface area contributed by atoms with Crippen molar-refractivity contribution in [1.82, 2.24) is 10.6 Å². The highest BCUT2D eigenvalue weighted by Gasteiger charge is 2.00. The summed E-state index contributed by atoms with van der Waals surface area (Å²) < 4.78 is 0. The Labute approximate surface area is 133 Å². The number of nitrogens with one attached hydrogen (secondary N) is 2. The standard InChI is InChI=1S/C15H21N3.HI/c1-4-11-17-15(16-6-3)18-12-14-10-8-7-9-13(14)5-2;/h1,7-10H,5-6,11-12H2,2-3H3,(H2,16,17,18);1H. The maximum atomic E-state index is 5.23. The van der Waals surface area contributed by atoms with Crippen molar-refractivity contribution in [2.24, 2.45) is 4.99 Å². The second-order valence-corrected chi connectivity index (χ2v) is 3.88. The SMILES string of the molecule is C#CCNC(=NCc1ccccc1CC)NCC.I. The fourth-order valence-electron chi connectivity index (χ4n) is 1.70. The Morgan fingerprint density at radius 2 is 1.89 bits per heavy atom. The third-order valence-corrected chi connectivity index (χ3v) is 2.61. The van der Waals surface area contributed by atoms with Crippen LogP contribution in [0.5, 0.6) is 0 Å². The summed E-state index contributed by atoms with van der Waals surface area (Å²) in [5.41, 5.74) is 2.60. The van der Waals surface area contributed by atoms with Crippen LogP contribution in [0.1, 0.15) is 25.0 Å². The summed E-state index contributed by atoms with van der Waals surface area (Å²) in [7, 11) is 0. The Kier molecular flexibility index (Phi) is 9.99. The zero-order chi connectivity index (χ0) is 13.2. The average Bonchev–Trinajstić information content (AvgIpc) is 2.42. The maximum absolute atomic E-state index is 5.23. The van der Waals surface area contributed by atoms with Crippen LogP contribution in [-0.2, 0) is 13.0 Å². The number of guanidine groups is 1. The van der Waals surface area contributed by atoms with E-state index in [1.54, 1.807) is 0 Å². The number of halogens is 1. The summed E-state index contributed by atoms with van der Waals surface area (Å²) in [6, 6.07) is 8.37. The highest BCUT2D eigenvalue weighted by Crippen LogP contribution is 2.10. The molecule has 0 amide bonds. The summed E-state index contributed by atoms with van der Waals surface area (Å²) in [5.74, 6) is 3.31. The van der Waals surface area contributed by atoms with Crippen LogP contribution in [0.3, 0.4) is 0 Å². The fourth-order valence-corrected chi connectivity index (χ4v) is 1.70. The summed E-state index contributed by atoms with van der Waals surface area (Å²) in [4.78, 5) is 4.53. The van der Waals surface area contributed by atoms with E-state index in [1.807, 2.05) is 13.0 Å².